The molecule has 0 atom stereocenters. The lowest BCUT2D eigenvalue weighted by molar-refractivity contribution is -0.122. The van der Waals surface area contributed by atoms with Crippen LogP contribution in [-0.2, 0) is 11.2 Å². The number of hydrogen-bond donors (Lipinski definition) is 0. The summed E-state index contributed by atoms with van der Waals surface area (Å²) in [4.78, 5) is 12.4. The van der Waals surface area contributed by atoms with Crippen molar-refractivity contribution >= 4 is 29.0 Å². The molecule has 0 N–H and O–H groups in total. The van der Waals surface area contributed by atoms with E-state index < -0.39 is 0 Å². The molecule has 0 bridgehead atoms. The van der Waals surface area contributed by atoms with Gasteiger partial charge in [0, 0.05) is 12.3 Å². The van der Waals surface area contributed by atoms with Crippen LogP contribution >= 0.6 is 23.2 Å². The second-order valence-corrected chi connectivity index (χ2v) is 6.25. The fourth-order valence-corrected chi connectivity index (χ4v) is 3.09. The van der Waals surface area contributed by atoms with Gasteiger partial charge in [-0.15, -0.1) is 0 Å². The molecule has 2 rings (SSSR count). The third kappa shape index (κ3) is 4.50. The highest BCUT2D eigenvalue weighted by Gasteiger charge is 2.19. The van der Waals surface area contributed by atoms with E-state index in [9.17, 15) is 4.79 Å². The minimum absolute atomic E-state index is 0.245. The maximum absolute atomic E-state index is 12.4. The van der Waals surface area contributed by atoms with Crippen LogP contribution in [0.4, 0.5) is 0 Å². The molecule has 0 amide bonds. The Morgan fingerprint density at radius 3 is 2.26 bits per heavy atom. The van der Waals surface area contributed by atoms with Gasteiger partial charge in [-0.05, 0) is 30.5 Å². The Kier molecular flexibility index (Phi) is 5.72. The Labute approximate surface area is 125 Å². The molecule has 0 unspecified atom stereocenters. The lowest BCUT2D eigenvalue weighted by Crippen LogP contribution is -2.18. The number of Topliss-reactive ketones (excluding diaryl/α,β-unsaturated/α-hetero) is 1. The third-order valence-corrected chi connectivity index (χ3v) is 4.66. The van der Waals surface area contributed by atoms with E-state index in [1.807, 2.05) is 12.1 Å². The van der Waals surface area contributed by atoms with Crippen molar-refractivity contribution in [3.05, 3.63) is 33.8 Å². The van der Waals surface area contributed by atoms with Gasteiger partial charge < -0.3 is 0 Å². The Morgan fingerprint density at radius 1 is 1.00 bits per heavy atom. The summed E-state index contributed by atoms with van der Waals surface area (Å²) in [7, 11) is 0. The van der Waals surface area contributed by atoms with Crippen LogP contribution in [0, 0.1) is 5.92 Å². The van der Waals surface area contributed by atoms with Crippen LogP contribution in [0.15, 0.2) is 18.2 Å². The third-order valence-electron chi connectivity index (χ3n) is 3.92. The van der Waals surface area contributed by atoms with E-state index in [-0.39, 0.29) is 5.92 Å². The maximum atomic E-state index is 12.4. The molecule has 0 saturated heterocycles. The van der Waals surface area contributed by atoms with E-state index in [4.69, 9.17) is 23.2 Å². The zero-order chi connectivity index (χ0) is 13.7. The van der Waals surface area contributed by atoms with Crippen molar-refractivity contribution in [3.63, 3.8) is 0 Å². The van der Waals surface area contributed by atoms with Crippen molar-refractivity contribution in [1.82, 2.24) is 0 Å². The summed E-state index contributed by atoms with van der Waals surface area (Å²) in [5.41, 5.74) is 0.974. The topological polar surface area (TPSA) is 17.1 Å². The number of benzene rings is 1. The highest BCUT2D eigenvalue weighted by molar-refractivity contribution is 6.42. The van der Waals surface area contributed by atoms with Crippen molar-refractivity contribution in [2.75, 3.05) is 0 Å². The van der Waals surface area contributed by atoms with Crippen LogP contribution in [0.1, 0.15) is 50.5 Å². The first kappa shape index (κ1) is 14.9. The number of carbonyl (C=O) groups excluding carboxylic acids is 1. The van der Waals surface area contributed by atoms with E-state index in [2.05, 4.69) is 0 Å². The lowest BCUT2D eigenvalue weighted by atomic mass is 9.86. The Balaban J connectivity index is 1.96. The molecule has 3 heteroatoms. The van der Waals surface area contributed by atoms with Gasteiger partial charge in [-0.3, -0.25) is 4.79 Å². The predicted molar refractivity (Wildman–Crippen MR) is 81.0 cm³/mol. The molecule has 0 spiro atoms. The second-order valence-electron chi connectivity index (χ2n) is 5.43. The van der Waals surface area contributed by atoms with Gasteiger partial charge in [0.15, 0.2) is 0 Å². The van der Waals surface area contributed by atoms with Crippen molar-refractivity contribution in [3.8, 4) is 0 Å². The summed E-state index contributed by atoms with van der Waals surface area (Å²) in [6, 6.07) is 5.48. The monoisotopic (exact) mass is 298 g/mol. The molecule has 104 valence electrons. The molecule has 1 aromatic carbocycles. The lowest BCUT2D eigenvalue weighted by Gasteiger charge is -2.18. The molecule has 1 aliphatic rings. The number of carbonyl (C=O) groups is 1. The second kappa shape index (κ2) is 7.31. The van der Waals surface area contributed by atoms with Gasteiger partial charge in [0.05, 0.1) is 10.0 Å². The first-order chi connectivity index (χ1) is 9.16. The van der Waals surface area contributed by atoms with E-state index in [1.165, 1.54) is 32.1 Å². The van der Waals surface area contributed by atoms with Gasteiger partial charge in [0.1, 0.15) is 5.78 Å². The number of hydrogen-bond acceptors (Lipinski definition) is 1. The quantitative estimate of drug-likeness (QED) is 0.723. The van der Waals surface area contributed by atoms with Crippen molar-refractivity contribution < 1.29 is 4.79 Å². The summed E-state index contributed by atoms with van der Waals surface area (Å²) >= 11 is 11.9. The Hall–Kier alpha value is -0.530. The van der Waals surface area contributed by atoms with Crippen LogP contribution in [0.2, 0.25) is 10.0 Å². The van der Waals surface area contributed by atoms with Crippen LogP contribution in [0.3, 0.4) is 0 Å². The SMILES string of the molecule is O=C(Cc1ccc(Cl)c(Cl)c1)C1CCCCCCC1. The van der Waals surface area contributed by atoms with E-state index in [1.54, 1.807) is 6.07 Å². The fraction of sp³-hybridized carbons (Fsp3) is 0.562. The van der Waals surface area contributed by atoms with Crippen LogP contribution in [-0.4, -0.2) is 5.78 Å². The minimum atomic E-state index is 0.245. The molecule has 1 aliphatic carbocycles. The number of ketones is 1. The molecule has 0 aromatic heterocycles. The Bertz CT molecular complexity index is 434. The van der Waals surface area contributed by atoms with E-state index >= 15 is 0 Å². The molecule has 1 nitrogen and oxygen atoms in total. The van der Waals surface area contributed by atoms with Gasteiger partial charge >= 0.3 is 0 Å². The first-order valence-electron chi connectivity index (χ1n) is 7.13. The molecular formula is C16H20Cl2O. The summed E-state index contributed by atoms with van der Waals surface area (Å²) in [6.45, 7) is 0. The highest BCUT2D eigenvalue weighted by Crippen LogP contribution is 2.26. The van der Waals surface area contributed by atoms with Crippen molar-refractivity contribution in [2.45, 2.75) is 51.4 Å². The molecule has 0 heterocycles. The van der Waals surface area contributed by atoms with Crippen molar-refractivity contribution in [1.29, 1.82) is 0 Å². The van der Waals surface area contributed by atoms with Gasteiger partial charge in [-0.25, -0.2) is 0 Å². The highest BCUT2D eigenvalue weighted by atomic mass is 35.5. The smallest absolute Gasteiger partial charge is 0.140 e. The summed E-state index contributed by atoms with van der Waals surface area (Å²) < 4.78 is 0. The van der Waals surface area contributed by atoms with Crippen LogP contribution in [0.5, 0.6) is 0 Å². The van der Waals surface area contributed by atoms with E-state index in [0.29, 0.717) is 22.2 Å². The predicted octanol–water partition coefficient (Wildman–Crippen LogP) is 5.47. The summed E-state index contributed by atoms with van der Waals surface area (Å²) in [6.07, 6.45) is 8.86. The molecule has 1 aromatic rings. The summed E-state index contributed by atoms with van der Waals surface area (Å²) in [5, 5.41) is 1.08. The molecule has 0 aliphatic heterocycles. The summed E-state index contributed by atoms with van der Waals surface area (Å²) in [5.74, 6) is 0.607. The van der Waals surface area contributed by atoms with Gasteiger partial charge in [0.2, 0.25) is 0 Å². The largest absolute Gasteiger partial charge is 0.299 e. The molecular weight excluding hydrogens is 279 g/mol. The number of rotatable bonds is 3. The van der Waals surface area contributed by atoms with Gasteiger partial charge in [-0.2, -0.15) is 0 Å². The average Bonchev–Trinajstić information content (AvgIpc) is 2.33. The molecule has 19 heavy (non-hydrogen) atoms. The van der Waals surface area contributed by atoms with Gasteiger partial charge in [0.25, 0.3) is 0 Å². The number of halogens is 2. The van der Waals surface area contributed by atoms with Crippen molar-refractivity contribution in [2.24, 2.45) is 5.92 Å². The Morgan fingerprint density at radius 2 is 1.63 bits per heavy atom. The fourth-order valence-electron chi connectivity index (χ4n) is 2.77. The first-order valence-corrected chi connectivity index (χ1v) is 7.89. The normalized spacial score (nSPS) is 17.8. The molecule has 1 fully saturated rings. The van der Waals surface area contributed by atoms with Crippen LogP contribution in [0.25, 0.3) is 0 Å². The zero-order valence-electron chi connectivity index (χ0n) is 11.1. The van der Waals surface area contributed by atoms with Crippen LogP contribution < -0.4 is 0 Å². The maximum Gasteiger partial charge on any atom is 0.140 e. The standard InChI is InChI=1S/C16H20Cl2O/c17-14-9-8-12(10-15(14)18)11-16(19)13-6-4-2-1-3-5-7-13/h8-10,13H,1-7,11H2. The van der Waals surface area contributed by atoms with E-state index in [0.717, 1.165) is 18.4 Å². The van der Waals surface area contributed by atoms with Gasteiger partial charge in [-0.1, -0.05) is 61.4 Å². The minimum Gasteiger partial charge on any atom is -0.299 e. The zero-order valence-corrected chi connectivity index (χ0v) is 12.6. The average molecular weight is 299 g/mol. The molecule has 1 saturated carbocycles. The molecule has 0 radical (unpaired) electrons.